The van der Waals surface area contributed by atoms with E-state index in [0.717, 1.165) is 51.4 Å². The van der Waals surface area contributed by atoms with Gasteiger partial charge in [0.1, 0.15) is 95.3 Å². The highest BCUT2D eigenvalue weighted by Gasteiger charge is 2.49. The van der Waals surface area contributed by atoms with Crippen LogP contribution >= 0.6 is 0 Å². The lowest BCUT2D eigenvalue weighted by Crippen LogP contribution is -2.52. The first-order chi connectivity index (χ1) is 42.8. The molecular weight excluding hydrogens is 1140 g/mol. The smallest absolute Gasteiger partial charge is 0.349 e. The standard InChI is InChI=1S/C70H80N12O8/c1-67(2)27-43(47(35-71)55(31-67)79-17-9-10-18-79)51(39-75)63(83)87-59-25-61(89-65(85)53(41-77)45-29-69(5,6)33-57(49(45)37-73)81-21-13-14-22-81)62(90-66(86)54(42-78)46-30-70(7,8)34-58(50(46)38-74)82-23-15-16-24-82)26-60(59)88-64(84)52(40-76)44-28-68(3,4)32-56(48(44)36-72)80-19-11-12-20-80/h59-62H,9-34H2,1-8H3/b51-43-,52-44+,53-45+,54-46+. The normalized spacial score (nSPS) is 27.6. The molecule has 4 saturated heterocycles. The van der Waals surface area contributed by atoms with Crippen molar-refractivity contribution in [2.75, 3.05) is 52.4 Å². The highest BCUT2D eigenvalue weighted by molar-refractivity contribution is 5.98. The van der Waals surface area contributed by atoms with Crippen LogP contribution in [0.3, 0.4) is 0 Å². The van der Waals surface area contributed by atoms with Crippen molar-refractivity contribution in [2.24, 2.45) is 21.7 Å². The topological polar surface area (TPSA) is 308 Å². The summed E-state index contributed by atoms with van der Waals surface area (Å²) in [5.41, 5.74) is -0.0564. The van der Waals surface area contributed by atoms with Crippen LogP contribution in [0.1, 0.15) is 171 Å². The van der Waals surface area contributed by atoms with Gasteiger partial charge in [-0.05, 0) is 147 Å². The summed E-state index contributed by atoms with van der Waals surface area (Å²) in [4.78, 5) is 68.9. The number of carbonyl (C=O) groups excluding carboxylic acids is 4. The van der Waals surface area contributed by atoms with E-state index < -0.39 is 105 Å². The Morgan fingerprint density at radius 2 is 0.500 bits per heavy atom. The van der Waals surface area contributed by atoms with E-state index in [9.17, 15) is 42.1 Å². The maximum Gasteiger partial charge on any atom is 0.349 e. The molecule has 5 fully saturated rings. The first kappa shape index (κ1) is 65.4. The maximum atomic E-state index is 15.1. The molecule has 468 valence electrons. The zero-order valence-corrected chi connectivity index (χ0v) is 53.3. The lowest BCUT2D eigenvalue weighted by atomic mass is 9.72. The molecule has 9 aliphatic rings. The summed E-state index contributed by atoms with van der Waals surface area (Å²) in [6.45, 7) is 21.2. The molecule has 4 heterocycles. The highest BCUT2D eigenvalue weighted by atomic mass is 16.6. The minimum absolute atomic E-state index is 0.132. The number of likely N-dealkylation sites (tertiary alicyclic amines) is 4. The molecule has 0 aromatic rings. The Bertz CT molecular complexity index is 3180. The van der Waals surface area contributed by atoms with E-state index >= 15 is 19.2 Å². The third-order valence-corrected chi connectivity index (χ3v) is 19.2. The molecular formula is C70H80N12O8. The summed E-state index contributed by atoms with van der Waals surface area (Å²) in [6, 6.07) is 17.2. The molecule has 0 amide bonds. The van der Waals surface area contributed by atoms with Gasteiger partial charge >= 0.3 is 23.9 Å². The van der Waals surface area contributed by atoms with Gasteiger partial charge in [-0.2, -0.15) is 42.1 Å². The summed E-state index contributed by atoms with van der Waals surface area (Å²) in [6.07, 6.45) is 1.59. The average Bonchev–Trinajstić information content (AvgIpc) is 1.05. The molecule has 1 saturated carbocycles. The Balaban J connectivity index is 1.19. The minimum atomic E-state index is -1.69. The fourth-order valence-electron chi connectivity index (χ4n) is 15.1. The summed E-state index contributed by atoms with van der Waals surface area (Å²) < 4.78 is 25.4. The van der Waals surface area contributed by atoms with Gasteiger partial charge in [0.2, 0.25) is 0 Å². The molecule has 0 aromatic heterocycles. The van der Waals surface area contributed by atoms with E-state index in [0.29, 0.717) is 101 Å². The van der Waals surface area contributed by atoms with Crippen LogP contribution in [-0.4, -0.2) is 120 Å². The van der Waals surface area contributed by atoms with E-state index in [1.165, 1.54) is 0 Å². The van der Waals surface area contributed by atoms with Crippen molar-refractivity contribution in [1.29, 1.82) is 42.1 Å². The number of allylic oxidation sites excluding steroid dienone is 12. The fraction of sp³-hybridized carbons (Fsp3) is 0.600. The Morgan fingerprint density at radius 1 is 0.322 bits per heavy atom. The van der Waals surface area contributed by atoms with Gasteiger partial charge in [-0.3, -0.25) is 0 Å². The van der Waals surface area contributed by atoms with Gasteiger partial charge in [0, 0.05) is 88.0 Å². The molecule has 0 bridgehead atoms. The maximum absolute atomic E-state index is 15.1. The van der Waals surface area contributed by atoms with Crippen LogP contribution in [-0.2, 0) is 38.1 Å². The Labute approximate surface area is 529 Å². The van der Waals surface area contributed by atoms with Crippen molar-refractivity contribution in [1.82, 2.24) is 19.6 Å². The molecule has 90 heavy (non-hydrogen) atoms. The van der Waals surface area contributed by atoms with Crippen LogP contribution in [0.25, 0.3) is 0 Å². The lowest BCUT2D eigenvalue weighted by molar-refractivity contribution is -0.193. The highest BCUT2D eigenvalue weighted by Crippen LogP contribution is 2.50. The lowest BCUT2D eigenvalue weighted by Gasteiger charge is -2.40. The molecule has 20 heteroatoms. The second-order valence-electron chi connectivity index (χ2n) is 28.7. The van der Waals surface area contributed by atoms with Crippen molar-refractivity contribution in [3.63, 3.8) is 0 Å². The average molecular weight is 1220 g/mol. The molecule has 9 rings (SSSR count). The molecule has 0 aromatic carbocycles. The van der Waals surface area contributed by atoms with Crippen LogP contribution in [0, 0.1) is 112 Å². The third-order valence-electron chi connectivity index (χ3n) is 19.2. The van der Waals surface area contributed by atoms with Crippen LogP contribution in [0.2, 0.25) is 0 Å². The summed E-state index contributed by atoms with van der Waals surface area (Å²) in [5.74, 6) is -4.86. The molecule has 4 atom stereocenters. The summed E-state index contributed by atoms with van der Waals surface area (Å²) in [5, 5.41) is 87.4. The number of nitriles is 8. The van der Waals surface area contributed by atoms with Gasteiger partial charge in [0.15, 0.2) is 0 Å². The SMILES string of the molecule is CC1(C)CC(N2CCCC2)=C(C#N)/C(=C(/C#N)C(=O)OC2CC(OC(=O)/C(C#N)=C3\CC(C)(C)CC(N4CCCC4)=C3C#N)C(OC(=O)/C(C#N)=C3\CC(C)(C)CC(N4CCCC4)=C3C#N)CC2OC(=O)/C(C#N)=C2\CC(C)(C)CC(N3CCCC3)=C2C#N)C1. The molecule has 0 radical (unpaired) electrons. The van der Waals surface area contributed by atoms with Gasteiger partial charge in [0.05, 0.1) is 22.3 Å². The number of ether oxygens (including phenoxy) is 4. The van der Waals surface area contributed by atoms with Crippen molar-refractivity contribution < 1.29 is 38.1 Å². The quantitative estimate of drug-likeness (QED) is 0.0758. The first-order valence-corrected chi connectivity index (χ1v) is 31.7. The Hall–Kier alpha value is -9.08. The van der Waals surface area contributed by atoms with Gasteiger partial charge in [-0.15, -0.1) is 0 Å². The number of hydrogen-bond acceptors (Lipinski definition) is 20. The molecule has 5 aliphatic carbocycles. The molecule has 0 spiro atoms. The second-order valence-corrected chi connectivity index (χ2v) is 28.7. The third kappa shape index (κ3) is 13.7. The van der Waals surface area contributed by atoms with Gasteiger partial charge in [-0.1, -0.05) is 55.4 Å². The van der Waals surface area contributed by atoms with Crippen LogP contribution in [0.5, 0.6) is 0 Å². The predicted octanol–water partition coefficient (Wildman–Crippen LogP) is 10.5. The summed E-state index contributed by atoms with van der Waals surface area (Å²) in [7, 11) is 0. The van der Waals surface area contributed by atoms with Crippen molar-refractivity contribution in [3.05, 3.63) is 89.7 Å². The van der Waals surface area contributed by atoms with Crippen LogP contribution in [0.15, 0.2) is 89.7 Å². The second kappa shape index (κ2) is 26.6. The largest absolute Gasteiger partial charge is 0.454 e. The molecule has 4 unspecified atom stereocenters. The molecule has 20 nitrogen and oxygen atoms in total. The van der Waals surface area contributed by atoms with E-state index in [-0.39, 0.29) is 70.3 Å². The van der Waals surface area contributed by atoms with Crippen molar-refractivity contribution in [2.45, 2.75) is 195 Å². The summed E-state index contributed by atoms with van der Waals surface area (Å²) >= 11 is 0. The monoisotopic (exact) mass is 1220 g/mol. The zero-order valence-electron chi connectivity index (χ0n) is 53.3. The van der Waals surface area contributed by atoms with Gasteiger partial charge < -0.3 is 38.5 Å². The van der Waals surface area contributed by atoms with Gasteiger partial charge in [0.25, 0.3) is 0 Å². The molecule has 0 N–H and O–H groups in total. The van der Waals surface area contributed by atoms with E-state index in [1.54, 1.807) is 0 Å². The first-order valence-electron chi connectivity index (χ1n) is 31.7. The Kier molecular flexibility index (Phi) is 19.3. The van der Waals surface area contributed by atoms with E-state index in [4.69, 9.17) is 18.9 Å². The predicted molar refractivity (Wildman–Crippen MR) is 325 cm³/mol. The Morgan fingerprint density at radius 3 is 0.656 bits per heavy atom. The number of nitrogens with zero attached hydrogens (tertiary/aromatic N) is 12. The van der Waals surface area contributed by atoms with Crippen molar-refractivity contribution >= 4 is 23.9 Å². The van der Waals surface area contributed by atoms with Crippen LogP contribution < -0.4 is 0 Å². The van der Waals surface area contributed by atoms with E-state index in [2.05, 4.69) is 43.9 Å². The van der Waals surface area contributed by atoms with E-state index in [1.807, 2.05) is 79.7 Å². The van der Waals surface area contributed by atoms with Gasteiger partial charge in [-0.25, -0.2) is 19.2 Å². The number of hydrogen-bond donors (Lipinski definition) is 0. The number of rotatable bonds is 12. The number of carbonyl (C=O) groups is 4. The fourth-order valence-corrected chi connectivity index (χ4v) is 15.1. The van der Waals surface area contributed by atoms with Crippen LogP contribution in [0.4, 0.5) is 0 Å². The minimum Gasteiger partial charge on any atom is -0.454 e. The molecule has 4 aliphatic heterocycles. The number of esters is 4. The van der Waals surface area contributed by atoms with Crippen molar-refractivity contribution in [3.8, 4) is 48.6 Å². The zero-order chi connectivity index (χ0) is 65.0.